The van der Waals surface area contributed by atoms with Gasteiger partial charge in [-0.05, 0) is 85.5 Å². The van der Waals surface area contributed by atoms with E-state index in [1.54, 1.807) is 0 Å². The van der Waals surface area contributed by atoms with Gasteiger partial charge in [0.05, 0.1) is 6.10 Å². The standard InChI is InChI=1S/C28H46O3/c1-17(2)18(3)7-8-19(4)22-9-10-23-21-15-25(30)28(31)16-20(29)11-14-27(28,6)24(21)12-13-26(22,23)5/h15,17-20,22-24,29,31H,7-14,16H2,1-6H3. The molecule has 3 nitrogen and oxygen atoms in total. The molecule has 4 aliphatic rings. The van der Waals surface area contributed by atoms with Crippen molar-refractivity contribution in [3.8, 4) is 0 Å². The van der Waals surface area contributed by atoms with E-state index in [1.807, 2.05) is 6.08 Å². The van der Waals surface area contributed by atoms with Crippen LogP contribution >= 0.6 is 0 Å². The highest BCUT2D eigenvalue weighted by Crippen LogP contribution is 2.67. The molecule has 0 amide bonds. The Bertz CT molecular complexity index is 741. The van der Waals surface area contributed by atoms with Crippen LogP contribution in [0.4, 0.5) is 0 Å². The summed E-state index contributed by atoms with van der Waals surface area (Å²) in [6, 6.07) is 0. The zero-order valence-corrected chi connectivity index (χ0v) is 20.8. The number of allylic oxidation sites excluding steroid dienone is 1. The van der Waals surface area contributed by atoms with Gasteiger partial charge in [0.1, 0.15) is 5.60 Å². The highest BCUT2D eigenvalue weighted by molar-refractivity contribution is 5.99. The third-order valence-electron chi connectivity index (χ3n) is 11.0. The van der Waals surface area contributed by atoms with Crippen molar-refractivity contribution in [1.82, 2.24) is 0 Å². The Labute approximate surface area is 190 Å². The molecule has 4 rings (SSSR count). The summed E-state index contributed by atoms with van der Waals surface area (Å²) in [4.78, 5) is 13.3. The van der Waals surface area contributed by atoms with E-state index in [0.717, 1.165) is 36.5 Å². The van der Waals surface area contributed by atoms with Gasteiger partial charge in [0.2, 0.25) is 0 Å². The van der Waals surface area contributed by atoms with Gasteiger partial charge in [-0.15, -0.1) is 0 Å². The molecule has 0 aromatic rings. The molecule has 3 heteroatoms. The Morgan fingerprint density at radius 3 is 2.39 bits per heavy atom. The van der Waals surface area contributed by atoms with E-state index in [2.05, 4.69) is 41.5 Å². The van der Waals surface area contributed by atoms with Gasteiger partial charge in [-0.3, -0.25) is 4.79 Å². The molecule has 0 radical (unpaired) electrons. The zero-order chi connectivity index (χ0) is 22.8. The van der Waals surface area contributed by atoms with E-state index >= 15 is 0 Å². The summed E-state index contributed by atoms with van der Waals surface area (Å²) >= 11 is 0. The molecule has 9 unspecified atom stereocenters. The molecule has 3 fully saturated rings. The summed E-state index contributed by atoms with van der Waals surface area (Å²) in [5, 5.41) is 21.7. The molecule has 0 aromatic heterocycles. The lowest BCUT2D eigenvalue weighted by Crippen LogP contribution is -2.64. The quantitative estimate of drug-likeness (QED) is 0.568. The van der Waals surface area contributed by atoms with Gasteiger partial charge in [0, 0.05) is 11.8 Å². The summed E-state index contributed by atoms with van der Waals surface area (Å²) in [5.41, 5.74) is -0.174. The summed E-state index contributed by atoms with van der Waals surface area (Å²) in [7, 11) is 0. The number of carbonyl (C=O) groups excluding carboxylic acids is 1. The zero-order valence-electron chi connectivity index (χ0n) is 20.8. The van der Waals surface area contributed by atoms with E-state index in [0.29, 0.717) is 12.3 Å². The van der Waals surface area contributed by atoms with Crippen molar-refractivity contribution < 1.29 is 15.0 Å². The Morgan fingerprint density at radius 2 is 1.71 bits per heavy atom. The third kappa shape index (κ3) is 3.48. The van der Waals surface area contributed by atoms with Gasteiger partial charge in [-0.25, -0.2) is 0 Å². The van der Waals surface area contributed by atoms with Crippen LogP contribution in [0, 0.1) is 46.3 Å². The van der Waals surface area contributed by atoms with E-state index in [-0.39, 0.29) is 23.5 Å². The van der Waals surface area contributed by atoms with Crippen molar-refractivity contribution in [2.24, 2.45) is 46.3 Å². The number of hydrogen-bond acceptors (Lipinski definition) is 3. The van der Waals surface area contributed by atoms with Gasteiger partial charge in [0.25, 0.3) is 0 Å². The molecule has 176 valence electrons. The molecule has 31 heavy (non-hydrogen) atoms. The van der Waals surface area contributed by atoms with Crippen molar-refractivity contribution in [1.29, 1.82) is 0 Å². The van der Waals surface area contributed by atoms with Crippen LogP contribution in [0.3, 0.4) is 0 Å². The number of rotatable bonds is 5. The largest absolute Gasteiger partial charge is 0.393 e. The predicted molar refractivity (Wildman–Crippen MR) is 125 cm³/mol. The van der Waals surface area contributed by atoms with E-state index in [1.165, 1.54) is 37.7 Å². The second kappa shape index (κ2) is 7.97. The van der Waals surface area contributed by atoms with Crippen molar-refractivity contribution >= 4 is 5.78 Å². The van der Waals surface area contributed by atoms with E-state index < -0.39 is 17.1 Å². The van der Waals surface area contributed by atoms with Crippen molar-refractivity contribution in [3.63, 3.8) is 0 Å². The van der Waals surface area contributed by atoms with Crippen LogP contribution in [-0.2, 0) is 4.79 Å². The number of ketones is 1. The lowest BCUT2D eigenvalue weighted by Gasteiger charge is -2.60. The first-order chi connectivity index (χ1) is 14.4. The van der Waals surface area contributed by atoms with Crippen LogP contribution in [0.1, 0.15) is 99.3 Å². The van der Waals surface area contributed by atoms with Gasteiger partial charge < -0.3 is 10.2 Å². The maximum Gasteiger partial charge on any atom is 0.187 e. The minimum atomic E-state index is -1.38. The van der Waals surface area contributed by atoms with Crippen molar-refractivity contribution in [2.45, 2.75) is 111 Å². The van der Waals surface area contributed by atoms with Crippen LogP contribution in [0.5, 0.6) is 0 Å². The number of hydrogen-bond donors (Lipinski definition) is 2. The normalized spacial score (nSPS) is 46.7. The summed E-state index contributed by atoms with van der Waals surface area (Å²) in [6.45, 7) is 14.2. The van der Waals surface area contributed by atoms with Crippen LogP contribution in [0.25, 0.3) is 0 Å². The molecule has 0 spiro atoms. The van der Waals surface area contributed by atoms with Crippen molar-refractivity contribution in [3.05, 3.63) is 11.6 Å². The number of carbonyl (C=O) groups is 1. The Hall–Kier alpha value is -0.670. The average Bonchev–Trinajstić information content (AvgIpc) is 3.05. The molecule has 3 saturated carbocycles. The second-order valence-electron chi connectivity index (χ2n) is 12.8. The number of fused-ring (bicyclic) bond motifs is 5. The lowest BCUT2D eigenvalue weighted by molar-refractivity contribution is -0.180. The van der Waals surface area contributed by atoms with Gasteiger partial charge in [-0.2, -0.15) is 0 Å². The minimum Gasteiger partial charge on any atom is -0.393 e. The first kappa shape index (κ1) is 23.5. The van der Waals surface area contributed by atoms with E-state index in [4.69, 9.17) is 0 Å². The molecule has 9 atom stereocenters. The first-order valence-electron chi connectivity index (χ1n) is 13.1. The minimum absolute atomic E-state index is 0.133. The molecule has 0 bridgehead atoms. The first-order valence-corrected chi connectivity index (χ1v) is 13.1. The van der Waals surface area contributed by atoms with Crippen LogP contribution < -0.4 is 0 Å². The average molecular weight is 431 g/mol. The Balaban J connectivity index is 1.58. The summed E-state index contributed by atoms with van der Waals surface area (Å²) < 4.78 is 0. The van der Waals surface area contributed by atoms with Crippen LogP contribution in [-0.4, -0.2) is 27.7 Å². The molecule has 0 heterocycles. The van der Waals surface area contributed by atoms with E-state index in [9.17, 15) is 15.0 Å². The molecule has 2 N–H and O–H groups in total. The summed E-state index contributed by atoms with van der Waals surface area (Å²) in [5.74, 6) is 3.63. The fraction of sp³-hybridized carbons (Fsp3) is 0.893. The monoisotopic (exact) mass is 430 g/mol. The molecule has 0 aliphatic heterocycles. The lowest BCUT2D eigenvalue weighted by atomic mass is 9.46. The second-order valence-corrected chi connectivity index (χ2v) is 12.8. The molecule has 0 saturated heterocycles. The Morgan fingerprint density at radius 1 is 1.00 bits per heavy atom. The topological polar surface area (TPSA) is 57.5 Å². The molecular weight excluding hydrogens is 384 g/mol. The van der Waals surface area contributed by atoms with Gasteiger partial charge in [-0.1, -0.05) is 60.0 Å². The highest BCUT2D eigenvalue weighted by atomic mass is 16.3. The van der Waals surface area contributed by atoms with Crippen LogP contribution in [0.15, 0.2) is 11.6 Å². The maximum absolute atomic E-state index is 13.3. The van der Waals surface area contributed by atoms with Gasteiger partial charge in [0.15, 0.2) is 5.78 Å². The highest BCUT2D eigenvalue weighted by Gasteiger charge is 2.65. The molecule has 4 aliphatic carbocycles. The fourth-order valence-corrected chi connectivity index (χ4v) is 8.38. The molecule has 0 aromatic carbocycles. The number of aliphatic hydroxyl groups is 2. The number of aliphatic hydroxyl groups excluding tert-OH is 1. The maximum atomic E-state index is 13.3. The predicted octanol–water partition coefficient (Wildman–Crippen LogP) is 5.93. The summed E-state index contributed by atoms with van der Waals surface area (Å²) in [6.07, 6.45) is 10.3. The Kier molecular flexibility index (Phi) is 6.04. The van der Waals surface area contributed by atoms with Crippen LogP contribution in [0.2, 0.25) is 0 Å². The molecular formula is C28H46O3. The van der Waals surface area contributed by atoms with Crippen molar-refractivity contribution in [2.75, 3.05) is 0 Å². The third-order valence-corrected chi connectivity index (χ3v) is 11.0. The smallest absolute Gasteiger partial charge is 0.187 e. The van der Waals surface area contributed by atoms with Gasteiger partial charge >= 0.3 is 0 Å². The fourth-order valence-electron chi connectivity index (χ4n) is 8.38. The SMILES string of the molecule is CC(C)C(C)CCC(C)C1CCC2C3=CC(=O)C4(O)CC(O)CCC4(C)C3CCC21C.